The second-order valence-corrected chi connectivity index (χ2v) is 7.06. The topological polar surface area (TPSA) is 77.1 Å². The number of aromatic nitrogens is 1. The zero-order chi connectivity index (χ0) is 13.4. The molecule has 18 heavy (non-hydrogen) atoms. The van der Waals surface area contributed by atoms with E-state index in [1.807, 2.05) is 11.5 Å². The molecular formula is C12H21N3O2S. The van der Waals surface area contributed by atoms with Gasteiger partial charge in [0.25, 0.3) is 0 Å². The molecule has 0 spiro atoms. The zero-order valence-corrected chi connectivity index (χ0v) is 11.8. The maximum Gasteiger partial charge on any atom is 0.242 e. The molecule has 0 aliphatic heterocycles. The monoisotopic (exact) mass is 271 g/mol. The van der Waals surface area contributed by atoms with Gasteiger partial charge in [0.05, 0.1) is 4.90 Å². The molecule has 0 bridgehead atoms. The van der Waals surface area contributed by atoms with E-state index in [1.54, 1.807) is 12.3 Å². The van der Waals surface area contributed by atoms with Crippen molar-refractivity contribution in [2.45, 2.75) is 44.7 Å². The van der Waals surface area contributed by atoms with Gasteiger partial charge in [0, 0.05) is 31.5 Å². The molecule has 1 fully saturated rings. The average Bonchev–Trinajstić information content (AvgIpc) is 2.93. The fraction of sp³-hybridized carbons (Fsp3) is 0.667. The molecular weight excluding hydrogens is 250 g/mol. The van der Waals surface area contributed by atoms with Crippen LogP contribution < -0.4 is 10.5 Å². The Morgan fingerprint density at radius 1 is 1.50 bits per heavy atom. The van der Waals surface area contributed by atoms with Gasteiger partial charge in [0.1, 0.15) is 0 Å². The molecule has 0 unspecified atom stereocenters. The Hall–Kier alpha value is -0.850. The SMILES string of the molecule is CCn1cc(S(=O)(=O)NCC2(C)CC2)cc1CN. The third-order valence-electron chi connectivity index (χ3n) is 3.61. The third-order valence-corrected chi connectivity index (χ3v) is 4.98. The van der Waals surface area contributed by atoms with Gasteiger partial charge in [-0.05, 0) is 31.2 Å². The van der Waals surface area contributed by atoms with E-state index in [9.17, 15) is 8.42 Å². The Labute approximate surface area is 108 Å². The van der Waals surface area contributed by atoms with Crippen molar-refractivity contribution in [3.05, 3.63) is 18.0 Å². The van der Waals surface area contributed by atoms with Gasteiger partial charge in [-0.1, -0.05) is 6.92 Å². The molecule has 1 heterocycles. The van der Waals surface area contributed by atoms with Crippen LogP contribution in [0, 0.1) is 5.41 Å². The second kappa shape index (κ2) is 4.68. The first kappa shape index (κ1) is 13.6. The van der Waals surface area contributed by atoms with Crippen LogP contribution in [0.2, 0.25) is 0 Å². The Morgan fingerprint density at radius 2 is 2.17 bits per heavy atom. The molecule has 0 radical (unpaired) electrons. The molecule has 5 nitrogen and oxygen atoms in total. The first-order valence-electron chi connectivity index (χ1n) is 6.29. The van der Waals surface area contributed by atoms with E-state index in [1.165, 1.54) is 0 Å². The van der Waals surface area contributed by atoms with Crippen molar-refractivity contribution in [2.75, 3.05) is 6.54 Å². The first-order valence-corrected chi connectivity index (χ1v) is 7.77. The van der Waals surface area contributed by atoms with E-state index >= 15 is 0 Å². The van der Waals surface area contributed by atoms with Gasteiger partial charge in [-0.25, -0.2) is 13.1 Å². The summed E-state index contributed by atoms with van der Waals surface area (Å²) >= 11 is 0. The van der Waals surface area contributed by atoms with Crippen LogP contribution in [0.15, 0.2) is 17.2 Å². The van der Waals surface area contributed by atoms with Crippen LogP contribution in [0.4, 0.5) is 0 Å². The van der Waals surface area contributed by atoms with Gasteiger partial charge >= 0.3 is 0 Å². The van der Waals surface area contributed by atoms with Crippen LogP contribution in [-0.2, 0) is 23.1 Å². The molecule has 0 amide bonds. The van der Waals surface area contributed by atoms with Gasteiger partial charge in [-0.15, -0.1) is 0 Å². The summed E-state index contributed by atoms with van der Waals surface area (Å²) in [7, 11) is -3.40. The van der Waals surface area contributed by atoms with Gasteiger partial charge in [-0.3, -0.25) is 0 Å². The van der Waals surface area contributed by atoms with Crippen molar-refractivity contribution >= 4 is 10.0 Å². The lowest BCUT2D eigenvalue weighted by Gasteiger charge is -2.09. The van der Waals surface area contributed by atoms with Crippen molar-refractivity contribution in [3.63, 3.8) is 0 Å². The Morgan fingerprint density at radius 3 is 2.61 bits per heavy atom. The summed E-state index contributed by atoms with van der Waals surface area (Å²) in [6, 6.07) is 1.65. The van der Waals surface area contributed by atoms with E-state index in [2.05, 4.69) is 11.6 Å². The van der Waals surface area contributed by atoms with Crippen LogP contribution in [-0.4, -0.2) is 19.5 Å². The number of sulfonamides is 1. The lowest BCUT2D eigenvalue weighted by Crippen LogP contribution is -2.28. The maximum absolute atomic E-state index is 12.1. The summed E-state index contributed by atoms with van der Waals surface area (Å²) in [5.74, 6) is 0. The molecule has 0 saturated heterocycles. The lowest BCUT2D eigenvalue weighted by atomic mass is 10.2. The standard InChI is InChI=1S/C12H21N3O2S/c1-3-15-8-11(6-10(15)7-13)18(16,17)14-9-12(2)4-5-12/h6,8,14H,3-5,7,9,13H2,1-2H3. The average molecular weight is 271 g/mol. The highest BCUT2D eigenvalue weighted by atomic mass is 32.2. The minimum Gasteiger partial charge on any atom is -0.349 e. The first-order chi connectivity index (χ1) is 8.40. The number of nitrogens with zero attached hydrogens (tertiary/aromatic N) is 1. The fourth-order valence-electron chi connectivity index (χ4n) is 1.88. The van der Waals surface area contributed by atoms with Crippen molar-refractivity contribution in [3.8, 4) is 0 Å². The summed E-state index contributed by atoms with van der Waals surface area (Å²) in [6.45, 7) is 5.65. The van der Waals surface area contributed by atoms with Crippen molar-refractivity contribution in [1.29, 1.82) is 0 Å². The molecule has 1 saturated carbocycles. The minimum absolute atomic E-state index is 0.164. The van der Waals surface area contributed by atoms with Crippen molar-refractivity contribution in [1.82, 2.24) is 9.29 Å². The van der Waals surface area contributed by atoms with E-state index in [-0.39, 0.29) is 5.41 Å². The molecule has 1 aliphatic rings. The predicted molar refractivity (Wildman–Crippen MR) is 70.5 cm³/mol. The lowest BCUT2D eigenvalue weighted by molar-refractivity contribution is 0.530. The highest BCUT2D eigenvalue weighted by Crippen LogP contribution is 2.44. The highest BCUT2D eigenvalue weighted by molar-refractivity contribution is 7.89. The highest BCUT2D eigenvalue weighted by Gasteiger charge is 2.38. The molecule has 3 N–H and O–H groups in total. The van der Waals surface area contributed by atoms with Gasteiger partial charge in [0.2, 0.25) is 10.0 Å². The van der Waals surface area contributed by atoms with Gasteiger partial charge < -0.3 is 10.3 Å². The third kappa shape index (κ3) is 2.76. The summed E-state index contributed by atoms with van der Waals surface area (Å²) in [4.78, 5) is 0.314. The quantitative estimate of drug-likeness (QED) is 0.811. The molecule has 0 aromatic carbocycles. The second-order valence-electron chi connectivity index (χ2n) is 5.29. The molecule has 1 aromatic heterocycles. The number of hydrogen-bond acceptors (Lipinski definition) is 3. The summed E-state index contributed by atoms with van der Waals surface area (Å²) in [5, 5.41) is 0. The minimum atomic E-state index is -3.40. The summed E-state index contributed by atoms with van der Waals surface area (Å²) in [5.41, 5.74) is 6.61. The number of rotatable bonds is 6. The van der Waals surface area contributed by atoms with Crippen LogP contribution >= 0.6 is 0 Å². The molecule has 102 valence electrons. The van der Waals surface area contributed by atoms with E-state index < -0.39 is 10.0 Å². The number of nitrogens with two attached hydrogens (primary N) is 1. The van der Waals surface area contributed by atoms with Gasteiger partial charge in [0.15, 0.2) is 0 Å². The smallest absolute Gasteiger partial charge is 0.242 e. The maximum atomic E-state index is 12.1. The van der Waals surface area contributed by atoms with Crippen LogP contribution in [0.25, 0.3) is 0 Å². The Kier molecular flexibility index (Phi) is 3.53. The molecule has 1 aromatic rings. The van der Waals surface area contributed by atoms with E-state index in [0.29, 0.717) is 18.0 Å². The Bertz CT molecular complexity index is 508. The van der Waals surface area contributed by atoms with E-state index in [4.69, 9.17) is 5.73 Å². The molecule has 1 aliphatic carbocycles. The van der Waals surface area contributed by atoms with Crippen molar-refractivity contribution < 1.29 is 8.42 Å². The number of nitrogens with one attached hydrogen (secondary N) is 1. The summed E-state index contributed by atoms with van der Waals surface area (Å²) in [6.07, 6.45) is 3.85. The zero-order valence-electron chi connectivity index (χ0n) is 10.9. The van der Waals surface area contributed by atoms with Crippen LogP contribution in [0.1, 0.15) is 32.4 Å². The molecule has 2 rings (SSSR count). The molecule has 6 heteroatoms. The molecule has 0 atom stereocenters. The predicted octanol–water partition coefficient (Wildman–Crippen LogP) is 1.05. The fourth-order valence-corrected chi connectivity index (χ4v) is 3.14. The van der Waals surface area contributed by atoms with E-state index in [0.717, 1.165) is 25.1 Å². The number of hydrogen-bond donors (Lipinski definition) is 2. The summed E-state index contributed by atoms with van der Waals surface area (Å²) < 4.78 is 28.8. The number of aryl methyl sites for hydroxylation is 1. The largest absolute Gasteiger partial charge is 0.349 e. The normalized spacial score (nSPS) is 17.9. The van der Waals surface area contributed by atoms with Crippen molar-refractivity contribution in [2.24, 2.45) is 11.1 Å². The van der Waals surface area contributed by atoms with Crippen LogP contribution in [0.3, 0.4) is 0 Å². The van der Waals surface area contributed by atoms with Crippen LogP contribution in [0.5, 0.6) is 0 Å². The van der Waals surface area contributed by atoms with Gasteiger partial charge in [-0.2, -0.15) is 0 Å². The Balaban J connectivity index is 2.15.